The van der Waals surface area contributed by atoms with Crippen LogP contribution in [-0.2, 0) is 6.18 Å². The minimum absolute atomic E-state index is 0.0388. The minimum Gasteiger partial charge on any atom is -0.404 e. The number of nitrogens with one attached hydrogen (secondary N) is 2. The van der Waals surface area contributed by atoms with Gasteiger partial charge >= 0.3 is 6.18 Å². The minimum atomic E-state index is -4.61. The zero-order chi connectivity index (χ0) is 26.6. The van der Waals surface area contributed by atoms with Crippen molar-refractivity contribution in [2.75, 3.05) is 29.7 Å². The Bertz CT molecular complexity index is 1240. The van der Waals surface area contributed by atoms with Crippen LogP contribution < -0.4 is 21.7 Å². The Morgan fingerprint density at radius 2 is 1.92 bits per heavy atom. The van der Waals surface area contributed by atoms with Gasteiger partial charge in [-0.2, -0.15) is 24.9 Å². The number of halogens is 3. The first kappa shape index (κ1) is 27.2. The molecule has 0 spiro atoms. The Morgan fingerprint density at radius 3 is 2.53 bits per heavy atom. The molecule has 0 amide bonds. The largest absolute Gasteiger partial charge is 0.434 e. The van der Waals surface area contributed by atoms with Gasteiger partial charge in [-0.15, -0.1) is 0 Å². The second-order valence-electron chi connectivity index (χ2n) is 8.27. The van der Waals surface area contributed by atoms with Gasteiger partial charge in [-0.25, -0.2) is 19.9 Å². The van der Waals surface area contributed by atoms with Crippen molar-refractivity contribution >= 4 is 35.3 Å². The third-order valence-electron chi connectivity index (χ3n) is 5.57. The number of nitrogens with two attached hydrogens (primary N) is 2. The van der Waals surface area contributed by atoms with Crippen LogP contribution in [0.2, 0.25) is 0 Å². The van der Waals surface area contributed by atoms with Gasteiger partial charge in [0, 0.05) is 48.9 Å². The number of hydrogen-bond acceptors (Lipinski definition) is 10. The molecule has 1 aliphatic heterocycles. The summed E-state index contributed by atoms with van der Waals surface area (Å²) in [6.07, 6.45) is 5.35. The van der Waals surface area contributed by atoms with E-state index >= 15 is 0 Å². The number of anilines is 2. The molecule has 3 unspecified atom stereocenters. The molecule has 0 radical (unpaired) electrons. The van der Waals surface area contributed by atoms with Gasteiger partial charge in [-0.05, 0) is 26.4 Å². The first-order valence-electron chi connectivity index (χ1n) is 10.9. The van der Waals surface area contributed by atoms with E-state index in [1.54, 1.807) is 17.8 Å². The van der Waals surface area contributed by atoms with Gasteiger partial charge < -0.3 is 27.1 Å². The van der Waals surface area contributed by atoms with Crippen LogP contribution in [0.4, 0.5) is 24.8 Å². The third-order valence-corrected chi connectivity index (χ3v) is 5.57. The molecule has 1 saturated heterocycles. The van der Waals surface area contributed by atoms with E-state index in [0.717, 1.165) is 12.4 Å². The molecule has 1 aliphatic rings. The number of aromatic nitrogens is 5. The SMILES string of the molecule is CC1CN(c2cc(N)nc(-c3cnc4cnc(C(F)(F)F)cn34)n2)C(C)C(/C(C=N)=C/N)N1.CSC. The summed E-state index contributed by atoms with van der Waals surface area (Å²) in [5, 5.41) is 11.1. The molecule has 0 bridgehead atoms. The Hall–Kier alpha value is -3.39. The van der Waals surface area contributed by atoms with E-state index in [4.69, 9.17) is 16.9 Å². The molecule has 14 heteroatoms. The van der Waals surface area contributed by atoms with E-state index in [0.29, 0.717) is 17.9 Å². The average Bonchev–Trinajstić information content (AvgIpc) is 3.25. The van der Waals surface area contributed by atoms with Crippen LogP contribution in [0.3, 0.4) is 0 Å². The van der Waals surface area contributed by atoms with Crippen LogP contribution in [0.25, 0.3) is 17.2 Å². The van der Waals surface area contributed by atoms with E-state index in [1.807, 2.05) is 31.3 Å². The topological polar surface area (TPSA) is 147 Å². The van der Waals surface area contributed by atoms with Crippen molar-refractivity contribution < 1.29 is 13.2 Å². The molecular weight excluding hydrogens is 493 g/mol. The standard InChI is InChI=1S/C20H23F3N10.C2H6S/c1-10-8-32(11(2)18(29-10)12(4-24)5-25)16-3-15(26)30-19(31-16)13-6-28-17-7-27-14(9-33(13)17)20(21,22)23;1-3-2/h3-7,9-11,18,24,29H,8,25H2,1-2H3,(H2,26,30,31);1-2H3/b12-5+,24-4?;. The summed E-state index contributed by atoms with van der Waals surface area (Å²) in [5.74, 6) is 0.796. The third kappa shape index (κ3) is 5.70. The second kappa shape index (κ2) is 11.1. The van der Waals surface area contributed by atoms with Gasteiger partial charge in [0.25, 0.3) is 0 Å². The van der Waals surface area contributed by atoms with E-state index in [1.165, 1.54) is 23.0 Å². The van der Waals surface area contributed by atoms with Gasteiger partial charge in [-0.3, -0.25) is 4.40 Å². The van der Waals surface area contributed by atoms with Crippen molar-refractivity contribution in [2.45, 2.75) is 38.1 Å². The Balaban J connectivity index is 0.00000115. The molecule has 0 aromatic carbocycles. The maximum Gasteiger partial charge on any atom is 0.434 e. The summed E-state index contributed by atoms with van der Waals surface area (Å²) < 4.78 is 40.8. The van der Waals surface area contributed by atoms with Crippen molar-refractivity contribution in [2.24, 2.45) is 5.73 Å². The zero-order valence-corrected chi connectivity index (χ0v) is 21.1. The molecule has 3 atom stereocenters. The van der Waals surface area contributed by atoms with Crippen molar-refractivity contribution in [3.05, 3.63) is 42.1 Å². The predicted molar refractivity (Wildman–Crippen MR) is 137 cm³/mol. The van der Waals surface area contributed by atoms with Crippen molar-refractivity contribution in [3.8, 4) is 11.5 Å². The molecule has 4 rings (SSSR count). The Labute approximate surface area is 210 Å². The van der Waals surface area contributed by atoms with Gasteiger partial charge in [-0.1, -0.05) is 0 Å². The number of alkyl halides is 3. The second-order valence-corrected chi connectivity index (χ2v) is 9.09. The summed E-state index contributed by atoms with van der Waals surface area (Å²) in [5.41, 5.74) is 11.8. The van der Waals surface area contributed by atoms with Gasteiger partial charge in [0.1, 0.15) is 17.3 Å². The van der Waals surface area contributed by atoms with Crippen LogP contribution in [-0.4, -0.2) is 67.7 Å². The highest BCUT2D eigenvalue weighted by molar-refractivity contribution is 7.97. The molecule has 0 aliphatic carbocycles. The fraction of sp³-hybridized carbons (Fsp3) is 0.409. The fourth-order valence-electron chi connectivity index (χ4n) is 3.97. The summed E-state index contributed by atoms with van der Waals surface area (Å²) >= 11 is 1.75. The lowest BCUT2D eigenvalue weighted by molar-refractivity contribution is -0.141. The molecule has 3 aromatic heterocycles. The highest BCUT2D eigenvalue weighted by Crippen LogP contribution is 2.30. The average molecular weight is 523 g/mol. The number of piperazine rings is 1. The van der Waals surface area contributed by atoms with Gasteiger partial charge in [0.2, 0.25) is 0 Å². The van der Waals surface area contributed by atoms with E-state index in [2.05, 4.69) is 25.3 Å². The van der Waals surface area contributed by atoms with Crippen LogP contribution in [0.5, 0.6) is 0 Å². The first-order chi connectivity index (χ1) is 17.0. The van der Waals surface area contributed by atoms with E-state index in [9.17, 15) is 13.2 Å². The quantitative estimate of drug-likeness (QED) is 0.380. The number of thioether (sulfide) groups is 1. The maximum atomic E-state index is 13.2. The molecule has 6 N–H and O–H groups in total. The molecule has 194 valence electrons. The number of imidazole rings is 1. The van der Waals surface area contributed by atoms with Crippen LogP contribution in [0, 0.1) is 5.41 Å². The molecule has 4 heterocycles. The molecule has 1 fully saturated rings. The van der Waals surface area contributed by atoms with E-state index < -0.39 is 11.9 Å². The highest BCUT2D eigenvalue weighted by Gasteiger charge is 2.35. The smallest absolute Gasteiger partial charge is 0.404 e. The van der Waals surface area contributed by atoms with Gasteiger partial charge in [0.15, 0.2) is 17.2 Å². The Kier molecular flexibility index (Phi) is 8.40. The van der Waals surface area contributed by atoms with Gasteiger partial charge in [0.05, 0.1) is 18.4 Å². The molecule has 36 heavy (non-hydrogen) atoms. The summed E-state index contributed by atoms with van der Waals surface area (Å²) in [6.45, 7) is 4.54. The normalized spacial score (nSPS) is 20.7. The maximum absolute atomic E-state index is 13.2. The first-order valence-corrected chi connectivity index (χ1v) is 12.6. The fourth-order valence-corrected chi connectivity index (χ4v) is 3.97. The summed E-state index contributed by atoms with van der Waals surface area (Å²) in [4.78, 5) is 18.4. The Morgan fingerprint density at radius 1 is 1.22 bits per heavy atom. The lowest BCUT2D eigenvalue weighted by Gasteiger charge is -2.44. The monoisotopic (exact) mass is 522 g/mol. The summed E-state index contributed by atoms with van der Waals surface area (Å²) in [7, 11) is 0. The number of nitrogen functional groups attached to an aromatic ring is 1. The predicted octanol–water partition coefficient (Wildman–Crippen LogP) is 2.81. The van der Waals surface area contributed by atoms with Crippen molar-refractivity contribution in [1.29, 1.82) is 5.41 Å². The van der Waals surface area contributed by atoms with Crippen LogP contribution in [0.15, 0.2) is 36.4 Å². The summed E-state index contributed by atoms with van der Waals surface area (Å²) in [6, 6.07) is 1.27. The van der Waals surface area contributed by atoms with Crippen molar-refractivity contribution in [3.63, 3.8) is 0 Å². The molecule has 3 aromatic rings. The van der Waals surface area contributed by atoms with Crippen LogP contribution in [0.1, 0.15) is 19.5 Å². The molecular formula is C22H29F3N10S. The number of rotatable bonds is 4. The lowest BCUT2D eigenvalue weighted by atomic mass is 9.96. The lowest BCUT2D eigenvalue weighted by Crippen LogP contribution is -2.61. The molecule has 10 nitrogen and oxygen atoms in total. The highest BCUT2D eigenvalue weighted by atomic mass is 32.2. The number of fused-ring (bicyclic) bond motifs is 1. The van der Waals surface area contributed by atoms with Crippen LogP contribution >= 0.6 is 11.8 Å². The van der Waals surface area contributed by atoms with Crippen molar-refractivity contribution in [1.82, 2.24) is 29.7 Å². The van der Waals surface area contributed by atoms with E-state index in [-0.39, 0.29) is 41.1 Å². The number of hydrogen-bond donors (Lipinski definition) is 4. The molecule has 0 saturated carbocycles. The zero-order valence-electron chi connectivity index (χ0n) is 20.3. The number of nitrogens with zero attached hydrogens (tertiary/aromatic N) is 6.